The van der Waals surface area contributed by atoms with E-state index in [1.807, 2.05) is 58.3 Å². The van der Waals surface area contributed by atoms with E-state index in [-0.39, 0.29) is 18.3 Å². The van der Waals surface area contributed by atoms with Gasteiger partial charge in [-0.2, -0.15) is 0 Å². The number of thiazole rings is 1. The number of nitrogens with zero attached hydrogens (tertiary/aromatic N) is 3. The van der Waals surface area contributed by atoms with Crippen LogP contribution < -0.4 is 14.4 Å². The number of anilines is 1. The molecule has 0 radical (unpaired) electrons. The first kappa shape index (κ1) is 22.3. The smallest absolute Gasteiger partial charge is 0.260 e. The molecule has 0 atom stereocenters. The number of halogens is 1. The SMILES string of the molecule is Cc1ccc(C(=O)N(CCN(C)C)c2nc3cc4c(cc3s2)OCCO4)cc1C.Cl. The van der Waals surface area contributed by atoms with E-state index in [1.54, 1.807) is 4.90 Å². The van der Waals surface area contributed by atoms with E-state index in [4.69, 9.17) is 14.5 Å². The third kappa shape index (κ3) is 4.53. The van der Waals surface area contributed by atoms with Crippen molar-refractivity contribution in [2.24, 2.45) is 0 Å². The number of amides is 1. The third-order valence-corrected chi connectivity index (χ3v) is 6.08. The highest BCUT2D eigenvalue weighted by molar-refractivity contribution is 7.22. The van der Waals surface area contributed by atoms with Gasteiger partial charge in [-0.3, -0.25) is 9.69 Å². The van der Waals surface area contributed by atoms with E-state index in [2.05, 4.69) is 4.90 Å². The molecule has 1 aliphatic rings. The minimum Gasteiger partial charge on any atom is -0.486 e. The summed E-state index contributed by atoms with van der Waals surface area (Å²) in [5, 5.41) is 0.687. The van der Waals surface area contributed by atoms with Crippen LogP contribution in [0.15, 0.2) is 30.3 Å². The molecule has 1 aromatic heterocycles. The molecule has 0 saturated heterocycles. The molecule has 3 aromatic rings. The highest BCUT2D eigenvalue weighted by atomic mass is 35.5. The molecule has 0 bridgehead atoms. The zero-order valence-corrected chi connectivity index (χ0v) is 19.2. The van der Waals surface area contributed by atoms with Gasteiger partial charge in [0.25, 0.3) is 5.91 Å². The average molecular weight is 448 g/mol. The van der Waals surface area contributed by atoms with Gasteiger partial charge in [-0.1, -0.05) is 17.4 Å². The number of ether oxygens (including phenoxy) is 2. The number of carbonyl (C=O) groups is 1. The third-order valence-electron chi connectivity index (χ3n) is 5.04. The summed E-state index contributed by atoms with van der Waals surface area (Å²) >= 11 is 1.50. The van der Waals surface area contributed by atoms with Crippen LogP contribution in [0.3, 0.4) is 0 Å². The molecule has 0 N–H and O–H groups in total. The summed E-state index contributed by atoms with van der Waals surface area (Å²) in [6.07, 6.45) is 0. The Bertz CT molecular complexity index is 1020. The average Bonchev–Trinajstić information content (AvgIpc) is 3.10. The first-order valence-corrected chi connectivity index (χ1v) is 10.5. The van der Waals surface area contributed by atoms with Crippen molar-refractivity contribution in [1.82, 2.24) is 9.88 Å². The largest absolute Gasteiger partial charge is 0.486 e. The summed E-state index contributed by atoms with van der Waals surface area (Å²) in [5.41, 5.74) is 3.77. The molecule has 160 valence electrons. The Hall–Kier alpha value is -2.35. The van der Waals surface area contributed by atoms with Gasteiger partial charge in [0.05, 0.1) is 10.2 Å². The summed E-state index contributed by atoms with van der Waals surface area (Å²) in [6, 6.07) is 9.69. The van der Waals surface area contributed by atoms with Gasteiger partial charge in [-0.05, 0) is 51.2 Å². The minimum absolute atomic E-state index is 0. The van der Waals surface area contributed by atoms with Crippen molar-refractivity contribution >= 4 is 45.0 Å². The van der Waals surface area contributed by atoms with Crippen LogP contribution in [0.1, 0.15) is 21.5 Å². The first-order chi connectivity index (χ1) is 13.9. The molecule has 8 heteroatoms. The standard InChI is InChI=1S/C22H25N3O3S.ClH/c1-14-5-6-16(11-15(14)2)21(26)25(8-7-24(3)4)22-23-17-12-18-19(13-20(17)29-22)28-10-9-27-18;/h5-6,11-13H,7-10H2,1-4H3;1H. The molecule has 4 rings (SSSR count). The topological polar surface area (TPSA) is 54.9 Å². The predicted molar refractivity (Wildman–Crippen MR) is 124 cm³/mol. The number of hydrogen-bond acceptors (Lipinski definition) is 6. The molecule has 1 amide bonds. The summed E-state index contributed by atoms with van der Waals surface area (Å²) in [6.45, 7) is 6.46. The number of likely N-dealkylation sites (N-methyl/N-ethyl adjacent to an activating group) is 1. The van der Waals surface area contributed by atoms with E-state index in [1.165, 1.54) is 16.9 Å². The van der Waals surface area contributed by atoms with Crippen LogP contribution in [0.5, 0.6) is 11.5 Å². The minimum atomic E-state index is -0.0359. The zero-order chi connectivity index (χ0) is 20.5. The van der Waals surface area contributed by atoms with Crippen molar-refractivity contribution < 1.29 is 14.3 Å². The van der Waals surface area contributed by atoms with Gasteiger partial charge in [0.1, 0.15) is 13.2 Å². The number of aromatic nitrogens is 1. The Labute approximate surface area is 186 Å². The van der Waals surface area contributed by atoms with Crippen molar-refractivity contribution in [1.29, 1.82) is 0 Å². The summed E-state index contributed by atoms with van der Waals surface area (Å²) in [4.78, 5) is 22.0. The van der Waals surface area contributed by atoms with Crippen molar-refractivity contribution in [3.05, 3.63) is 47.0 Å². The fourth-order valence-corrected chi connectivity index (χ4v) is 4.18. The van der Waals surface area contributed by atoms with Crippen molar-refractivity contribution in [2.45, 2.75) is 13.8 Å². The number of carbonyl (C=O) groups excluding carboxylic acids is 1. The van der Waals surface area contributed by atoms with E-state index in [0.29, 0.717) is 36.2 Å². The van der Waals surface area contributed by atoms with E-state index >= 15 is 0 Å². The van der Waals surface area contributed by atoms with Gasteiger partial charge in [0.2, 0.25) is 0 Å². The quantitative estimate of drug-likeness (QED) is 0.583. The predicted octanol–water partition coefficient (Wildman–Crippen LogP) is 4.31. The maximum Gasteiger partial charge on any atom is 0.260 e. The Morgan fingerprint density at radius 1 is 1.03 bits per heavy atom. The van der Waals surface area contributed by atoms with Gasteiger partial charge in [-0.25, -0.2) is 4.98 Å². The van der Waals surface area contributed by atoms with Gasteiger partial charge >= 0.3 is 0 Å². The molecule has 0 spiro atoms. The molecule has 30 heavy (non-hydrogen) atoms. The fraction of sp³-hybridized carbons (Fsp3) is 0.364. The lowest BCUT2D eigenvalue weighted by Gasteiger charge is -2.22. The monoisotopic (exact) mass is 447 g/mol. The van der Waals surface area contributed by atoms with Gasteiger partial charge in [0.15, 0.2) is 16.6 Å². The summed E-state index contributed by atoms with van der Waals surface area (Å²) in [7, 11) is 4.00. The number of rotatable bonds is 5. The zero-order valence-electron chi connectivity index (χ0n) is 17.6. The Morgan fingerprint density at radius 3 is 2.40 bits per heavy atom. The maximum absolute atomic E-state index is 13.4. The molecule has 0 fully saturated rings. The Kier molecular flexibility index (Phi) is 6.85. The Morgan fingerprint density at radius 2 is 1.73 bits per heavy atom. The summed E-state index contributed by atoms with van der Waals surface area (Å²) < 4.78 is 12.3. The molecule has 6 nitrogen and oxygen atoms in total. The molecular formula is C22H26ClN3O3S. The van der Waals surface area contributed by atoms with Crippen molar-refractivity contribution in [2.75, 3.05) is 45.3 Å². The molecule has 0 saturated carbocycles. The second-order valence-corrected chi connectivity index (χ2v) is 8.53. The van der Waals surface area contributed by atoms with Crippen molar-refractivity contribution in [3.63, 3.8) is 0 Å². The number of fused-ring (bicyclic) bond motifs is 2. The van der Waals surface area contributed by atoms with Crippen LogP contribution >= 0.6 is 23.7 Å². The van der Waals surface area contributed by atoms with Crippen LogP contribution in [0.4, 0.5) is 5.13 Å². The van der Waals surface area contributed by atoms with E-state index in [0.717, 1.165) is 28.1 Å². The molecular weight excluding hydrogens is 422 g/mol. The molecule has 2 aromatic carbocycles. The van der Waals surface area contributed by atoms with Gasteiger partial charge in [0, 0.05) is 30.8 Å². The lowest BCUT2D eigenvalue weighted by Crippen LogP contribution is -2.36. The second-order valence-electron chi connectivity index (χ2n) is 7.52. The molecule has 0 aliphatic carbocycles. The van der Waals surface area contributed by atoms with Crippen LogP contribution in [0.2, 0.25) is 0 Å². The lowest BCUT2D eigenvalue weighted by molar-refractivity contribution is 0.0985. The second kappa shape index (κ2) is 9.20. The molecule has 2 heterocycles. The number of hydrogen-bond donors (Lipinski definition) is 0. The highest BCUT2D eigenvalue weighted by Gasteiger charge is 2.23. The van der Waals surface area contributed by atoms with Crippen LogP contribution in [0.25, 0.3) is 10.2 Å². The molecule has 1 aliphatic heterocycles. The normalized spacial score (nSPS) is 12.7. The number of benzene rings is 2. The maximum atomic E-state index is 13.4. The molecule has 0 unspecified atom stereocenters. The van der Waals surface area contributed by atoms with Crippen LogP contribution in [-0.4, -0.2) is 56.2 Å². The fourth-order valence-electron chi connectivity index (χ4n) is 3.18. The highest BCUT2D eigenvalue weighted by Crippen LogP contribution is 2.39. The first-order valence-electron chi connectivity index (χ1n) is 9.66. The summed E-state index contributed by atoms with van der Waals surface area (Å²) in [5.74, 6) is 1.41. The van der Waals surface area contributed by atoms with Crippen LogP contribution in [-0.2, 0) is 0 Å². The van der Waals surface area contributed by atoms with Crippen LogP contribution in [0, 0.1) is 13.8 Å². The lowest BCUT2D eigenvalue weighted by atomic mass is 10.1. The van der Waals surface area contributed by atoms with Gasteiger partial charge in [-0.15, -0.1) is 12.4 Å². The van der Waals surface area contributed by atoms with Gasteiger partial charge < -0.3 is 14.4 Å². The number of aryl methyl sites for hydroxylation is 2. The Balaban J connectivity index is 0.00000256. The van der Waals surface area contributed by atoms with E-state index in [9.17, 15) is 4.79 Å². The van der Waals surface area contributed by atoms with Crippen molar-refractivity contribution in [3.8, 4) is 11.5 Å². The van der Waals surface area contributed by atoms with E-state index < -0.39 is 0 Å².